The van der Waals surface area contributed by atoms with E-state index in [1.54, 1.807) is 12.3 Å². The van der Waals surface area contributed by atoms with Crippen molar-refractivity contribution < 1.29 is 4.79 Å². The fourth-order valence-corrected chi connectivity index (χ4v) is 2.78. The predicted octanol–water partition coefficient (Wildman–Crippen LogP) is 5.01. The molecule has 0 aliphatic rings. The lowest BCUT2D eigenvalue weighted by Gasteiger charge is -2.02. The van der Waals surface area contributed by atoms with Crippen LogP contribution in [0.2, 0.25) is 5.02 Å². The Morgan fingerprint density at radius 2 is 1.90 bits per heavy atom. The number of aromatic amines is 1. The Bertz CT molecular complexity index is 777. The first kappa shape index (κ1) is 13.4. The number of carbonyl (C=O) groups excluding carboxylic acids is 1. The van der Waals surface area contributed by atoms with E-state index in [1.165, 1.54) is 0 Å². The summed E-state index contributed by atoms with van der Waals surface area (Å²) in [5, 5.41) is 1.40. The highest BCUT2D eigenvalue weighted by Crippen LogP contribution is 2.27. The Morgan fingerprint density at radius 1 is 1.15 bits per heavy atom. The maximum atomic E-state index is 12.4. The molecule has 1 aromatic heterocycles. The Morgan fingerprint density at radius 3 is 2.65 bits per heavy atom. The van der Waals surface area contributed by atoms with Gasteiger partial charge in [-0.25, -0.2) is 0 Å². The molecular weight excluding hydrogens is 338 g/mol. The smallest absolute Gasteiger partial charge is 0.169 e. The van der Waals surface area contributed by atoms with Gasteiger partial charge in [0.05, 0.1) is 5.02 Å². The molecule has 0 unspecified atom stereocenters. The van der Waals surface area contributed by atoms with Crippen LogP contribution in [0, 0.1) is 0 Å². The van der Waals surface area contributed by atoms with Gasteiger partial charge in [0.25, 0.3) is 0 Å². The van der Waals surface area contributed by atoms with E-state index in [4.69, 9.17) is 11.6 Å². The lowest BCUT2D eigenvalue weighted by atomic mass is 10.0. The number of aromatic nitrogens is 1. The van der Waals surface area contributed by atoms with Crippen molar-refractivity contribution in [2.45, 2.75) is 6.42 Å². The molecule has 3 aromatic rings. The van der Waals surface area contributed by atoms with Gasteiger partial charge >= 0.3 is 0 Å². The maximum absolute atomic E-state index is 12.4. The molecule has 0 saturated carbocycles. The van der Waals surface area contributed by atoms with Crippen molar-refractivity contribution in [2.75, 3.05) is 0 Å². The summed E-state index contributed by atoms with van der Waals surface area (Å²) < 4.78 is 1.00. The molecule has 4 heteroatoms. The Hall–Kier alpha value is -1.58. The van der Waals surface area contributed by atoms with Crippen LogP contribution in [0.15, 0.2) is 53.1 Å². The van der Waals surface area contributed by atoms with E-state index in [1.807, 2.05) is 36.4 Å². The first-order valence-corrected chi connectivity index (χ1v) is 7.35. The largest absolute Gasteiger partial charge is 0.360 e. The third-order valence-corrected chi connectivity index (χ3v) is 4.08. The summed E-state index contributed by atoms with van der Waals surface area (Å²) in [5.41, 5.74) is 2.52. The standard InChI is InChI=1S/C16H11BrClNO/c17-11-6-4-10(5-7-11)8-15(20)12-9-19-14-3-1-2-13(18)16(12)14/h1-7,9,19H,8H2. The van der Waals surface area contributed by atoms with E-state index in [2.05, 4.69) is 20.9 Å². The minimum atomic E-state index is 0.0617. The van der Waals surface area contributed by atoms with Crippen LogP contribution >= 0.6 is 27.5 Å². The number of fused-ring (bicyclic) bond motifs is 1. The lowest BCUT2D eigenvalue weighted by Crippen LogP contribution is -2.02. The molecule has 0 fully saturated rings. The average molecular weight is 349 g/mol. The number of H-pyrrole nitrogens is 1. The molecule has 0 saturated heterocycles. The fourth-order valence-electron chi connectivity index (χ4n) is 2.24. The summed E-state index contributed by atoms with van der Waals surface area (Å²) in [6.45, 7) is 0. The van der Waals surface area contributed by atoms with Crippen molar-refractivity contribution in [1.82, 2.24) is 4.98 Å². The Labute approximate surface area is 129 Å². The monoisotopic (exact) mass is 347 g/mol. The van der Waals surface area contributed by atoms with Crippen LogP contribution < -0.4 is 0 Å². The third kappa shape index (κ3) is 2.51. The van der Waals surface area contributed by atoms with Gasteiger partial charge in [-0.05, 0) is 29.8 Å². The number of nitrogens with one attached hydrogen (secondary N) is 1. The van der Waals surface area contributed by atoms with E-state index in [-0.39, 0.29) is 5.78 Å². The third-order valence-electron chi connectivity index (χ3n) is 3.23. The minimum absolute atomic E-state index is 0.0617. The second-order valence-corrected chi connectivity index (χ2v) is 5.91. The Balaban J connectivity index is 1.95. The van der Waals surface area contributed by atoms with E-state index >= 15 is 0 Å². The molecule has 1 N–H and O–H groups in total. The van der Waals surface area contributed by atoms with Crippen LogP contribution in [0.4, 0.5) is 0 Å². The van der Waals surface area contributed by atoms with Crippen LogP contribution in [-0.2, 0) is 6.42 Å². The van der Waals surface area contributed by atoms with E-state index in [0.29, 0.717) is 17.0 Å². The van der Waals surface area contributed by atoms with Crippen molar-refractivity contribution in [3.63, 3.8) is 0 Å². The number of ketones is 1. The van der Waals surface area contributed by atoms with Gasteiger partial charge in [-0.1, -0.05) is 45.7 Å². The minimum Gasteiger partial charge on any atom is -0.360 e. The molecule has 0 bridgehead atoms. The zero-order valence-corrected chi connectivity index (χ0v) is 12.8. The zero-order chi connectivity index (χ0) is 14.1. The van der Waals surface area contributed by atoms with Crippen LogP contribution in [-0.4, -0.2) is 10.8 Å². The van der Waals surface area contributed by atoms with Gasteiger partial charge in [-0.2, -0.15) is 0 Å². The van der Waals surface area contributed by atoms with Gasteiger partial charge in [-0.3, -0.25) is 4.79 Å². The second kappa shape index (κ2) is 5.43. The number of benzene rings is 2. The summed E-state index contributed by atoms with van der Waals surface area (Å²) in [7, 11) is 0. The van der Waals surface area contributed by atoms with Crippen molar-refractivity contribution in [1.29, 1.82) is 0 Å². The molecule has 0 radical (unpaired) electrons. The van der Waals surface area contributed by atoms with Crippen molar-refractivity contribution in [3.05, 3.63) is 69.3 Å². The number of halogens is 2. The summed E-state index contributed by atoms with van der Waals surface area (Å²) in [4.78, 5) is 15.5. The van der Waals surface area contributed by atoms with Crippen LogP contribution in [0.1, 0.15) is 15.9 Å². The zero-order valence-electron chi connectivity index (χ0n) is 10.5. The summed E-state index contributed by atoms with van der Waals surface area (Å²) >= 11 is 9.58. The summed E-state index contributed by atoms with van der Waals surface area (Å²) in [6, 6.07) is 13.3. The summed E-state index contributed by atoms with van der Waals surface area (Å²) in [6.07, 6.45) is 2.10. The van der Waals surface area contributed by atoms with Gasteiger partial charge in [0.1, 0.15) is 0 Å². The molecule has 2 nitrogen and oxygen atoms in total. The quantitative estimate of drug-likeness (QED) is 0.663. The van der Waals surface area contributed by atoms with Crippen LogP contribution in [0.25, 0.3) is 10.9 Å². The Kier molecular flexibility index (Phi) is 3.64. The second-order valence-electron chi connectivity index (χ2n) is 4.59. The number of hydrogen-bond acceptors (Lipinski definition) is 1. The normalized spacial score (nSPS) is 10.9. The van der Waals surface area contributed by atoms with Crippen LogP contribution in [0.5, 0.6) is 0 Å². The topological polar surface area (TPSA) is 32.9 Å². The van der Waals surface area contributed by atoms with Gasteiger partial charge < -0.3 is 4.98 Å². The number of rotatable bonds is 3. The van der Waals surface area contributed by atoms with Gasteiger partial charge in [0.2, 0.25) is 0 Å². The predicted molar refractivity (Wildman–Crippen MR) is 85.5 cm³/mol. The highest BCUT2D eigenvalue weighted by atomic mass is 79.9. The van der Waals surface area contributed by atoms with E-state index in [0.717, 1.165) is 20.9 Å². The summed E-state index contributed by atoms with van der Waals surface area (Å²) in [5.74, 6) is 0.0617. The van der Waals surface area contributed by atoms with E-state index in [9.17, 15) is 4.79 Å². The number of Topliss-reactive ketones (excluding diaryl/α,β-unsaturated/α-hetero) is 1. The van der Waals surface area contributed by atoms with Gasteiger partial charge in [0, 0.05) is 33.6 Å². The van der Waals surface area contributed by atoms with E-state index < -0.39 is 0 Å². The average Bonchev–Trinajstić information content (AvgIpc) is 2.87. The molecular formula is C16H11BrClNO. The maximum Gasteiger partial charge on any atom is 0.169 e. The SMILES string of the molecule is O=C(Cc1ccc(Br)cc1)c1c[nH]c2cccc(Cl)c12. The molecule has 3 rings (SSSR count). The molecule has 0 aliphatic heterocycles. The highest BCUT2D eigenvalue weighted by molar-refractivity contribution is 9.10. The molecule has 100 valence electrons. The molecule has 20 heavy (non-hydrogen) atoms. The van der Waals surface area contributed by atoms with Crippen molar-refractivity contribution in [3.8, 4) is 0 Å². The lowest BCUT2D eigenvalue weighted by molar-refractivity contribution is 0.0994. The van der Waals surface area contributed by atoms with Gasteiger partial charge in [-0.15, -0.1) is 0 Å². The molecule has 0 amide bonds. The fraction of sp³-hybridized carbons (Fsp3) is 0.0625. The number of hydrogen-bond donors (Lipinski definition) is 1. The van der Waals surface area contributed by atoms with Crippen molar-refractivity contribution >= 4 is 44.2 Å². The molecule has 0 spiro atoms. The molecule has 0 atom stereocenters. The van der Waals surface area contributed by atoms with Crippen molar-refractivity contribution in [2.24, 2.45) is 0 Å². The first-order chi connectivity index (χ1) is 9.65. The molecule has 2 aromatic carbocycles. The highest BCUT2D eigenvalue weighted by Gasteiger charge is 2.14. The van der Waals surface area contributed by atoms with Crippen LogP contribution in [0.3, 0.4) is 0 Å². The molecule has 0 aliphatic carbocycles. The van der Waals surface area contributed by atoms with Gasteiger partial charge in [0.15, 0.2) is 5.78 Å². The number of carbonyl (C=O) groups is 1. The first-order valence-electron chi connectivity index (χ1n) is 6.18. The molecule has 1 heterocycles.